The minimum Gasteiger partial charge on any atom is -0.281 e. The third kappa shape index (κ3) is 1.68. The van der Waals surface area contributed by atoms with Crippen molar-refractivity contribution in [3.63, 3.8) is 0 Å². The van der Waals surface area contributed by atoms with Crippen molar-refractivity contribution in [2.45, 2.75) is 6.42 Å². The molecule has 1 N–H and O–H groups in total. The predicted octanol–water partition coefficient (Wildman–Crippen LogP) is -0.225. The summed E-state index contributed by atoms with van der Waals surface area (Å²) in [5, 5.41) is 1.56. The molecule has 0 spiro atoms. The minimum atomic E-state index is 0. The van der Waals surface area contributed by atoms with Crippen LogP contribution in [0.4, 0.5) is 0 Å². The third-order valence-corrected chi connectivity index (χ3v) is 1.02. The molecule has 8 heavy (non-hydrogen) atoms. The molecule has 0 aromatic carbocycles. The standard InChI is InChI=1S/C4H8N2O.ClH/c7-4-6-3-1-2-5-6;/h4-5H,1-3H2;1H. The zero-order valence-corrected chi connectivity index (χ0v) is 5.28. The van der Waals surface area contributed by atoms with Crippen molar-refractivity contribution in [2.24, 2.45) is 0 Å². The molecule has 1 fully saturated rings. The van der Waals surface area contributed by atoms with E-state index in [-0.39, 0.29) is 12.4 Å². The summed E-state index contributed by atoms with van der Waals surface area (Å²) >= 11 is 0. The fourth-order valence-electron chi connectivity index (χ4n) is 0.641. The number of halogens is 1. The van der Waals surface area contributed by atoms with Gasteiger partial charge >= 0.3 is 0 Å². The molecule has 0 unspecified atom stereocenters. The summed E-state index contributed by atoms with van der Waals surface area (Å²) in [4.78, 5) is 9.87. The topological polar surface area (TPSA) is 32.3 Å². The van der Waals surface area contributed by atoms with E-state index < -0.39 is 0 Å². The minimum absolute atomic E-state index is 0. The summed E-state index contributed by atoms with van der Waals surface area (Å²) in [5.41, 5.74) is 2.87. The molecule has 0 radical (unpaired) electrons. The van der Waals surface area contributed by atoms with Crippen molar-refractivity contribution in [2.75, 3.05) is 13.1 Å². The van der Waals surface area contributed by atoms with Crippen LogP contribution in [0.1, 0.15) is 6.42 Å². The largest absolute Gasteiger partial charge is 0.281 e. The summed E-state index contributed by atoms with van der Waals surface area (Å²) in [5.74, 6) is 0. The van der Waals surface area contributed by atoms with Gasteiger partial charge in [0.2, 0.25) is 6.41 Å². The van der Waals surface area contributed by atoms with Gasteiger partial charge in [-0.3, -0.25) is 9.80 Å². The first kappa shape index (κ1) is 7.72. The molecule has 0 atom stereocenters. The molecule has 0 aromatic rings. The number of hydrazine groups is 1. The average Bonchev–Trinajstić information content (AvgIpc) is 2.14. The maximum Gasteiger partial charge on any atom is 0.223 e. The van der Waals surface area contributed by atoms with Crippen LogP contribution < -0.4 is 5.43 Å². The van der Waals surface area contributed by atoms with Gasteiger partial charge in [0.25, 0.3) is 0 Å². The normalized spacial score (nSPS) is 17.8. The predicted molar refractivity (Wildman–Crippen MR) is 32.6 cm³/mol. The van der Waals surface area contributed by atoms with Crippen LogP contribution in [-0.2, 0) is 4.79 Å². The highest BCUT2D eigenvalue weighted by atomic mass is 35.5. The molecule has 4 heteroatoms. The lowest BCUT2D eigenvalue weighted by Gasteiger charge is -2.04. The van der Waals surface area contributed by atoms with Crippen molar-refractivity contribution >= 4 is 18.8 Å². The van der Waals surface area contributed by atoms with Crippen LogP contribution in [0.15, 0.2) is 0 Å². The van der Waals surface area contributed by atoms with Gasteiger partial charge in [0.05, 0.1) is 0 Å². The Morgan fingerprint density at radius 2 is 2.38 bits per heavy atom. The van der Waals surface area contributed by atoms with E-state index in [4.69, 9.17) is 0 Å². The molecule has 0 saturated carbocycles. The second-order valence-electron chi connectivity index (χ2n) is 1.56. The maximum absolute atomic E-state index is 9.87. The summed E-state index contributed by atoms with van der Waals surface area (Å²) in [7, 11) is 0. The SMILES string of the molecule is Cl.O=CN1CCCN1. The van der Waals surface area contributed by atoms with Crippen molar-refractivity contribution < 1.29 is 4.79 Å². The van der Waals surface area contributed by atoms with E-state index in [0.717, 1.165) is 25.9 Å². The van der Waals surface area contributed by atoms with E-state index in [1.807, 2.05) is 0 Å². The Balaban J connectivity index is 0.000000490. The molecule has 48 valence electrons. The molecule has 0 bridgehead atoms. The number of carbonyl (C=O) groups excluding carboxylic acids is 1. The molecule has 3 nitrogen and oxygen atoms in total. The first-order valence-corrected chi connectivity index (χ1v) is 2.39. The van der Waals surface area contributed by atoms with E-state index >= 15 is 0 Å². The summed E-state index contributed by atoms with van der Waals surface area (Å²) < 4.78 is 0. The van der Waals surface area contributed by atoms with Gasteiger partial charge in [-0.05, 0) is 6.42 Å². The van der Waals surface area contributed by atoms with Gasteiger partial charge in [0.15, 0.2) is 0 Å². The highest BCUT2D eigenvalue weighted by Gasteiger charge is 2.05. The van der Waals surface area contributed by atoms with Crippen LogP contribution in [0.2, 0.25) is 0 Å². The van der Waals surface area contributed by atoms with Gasteiger partial charge in [0, 0.05) is 13.1 Å². The van der Waals surface area contributed by atoms with Crippen LogP contribution in [0, 0.1) is 0 Å². The summed E-state index contributed by atoms with van der Waals surface area (Å²) in [6, 6.07) is 0. The number of hydrogen-bond acceptors (Lipinski definition) is 2. The van der Waals surface area contributed by atoms with E-state index in [0.29, 0.717) is 0 Å². The van der Waals surface area contributed by atoms with Crippen LogP contribution >= 0.6 is 12.4 Å². The van der Waals surface area contributed by atoms with E-state index in [1.54, 1.807) is 5.01 Å². The Morgan fingerprint density at radius 1 is 1.62 bits per heavy atom. The van der Waals surface area contributed by atoms with E-state index in [1.165, 1.54) is 0 Å². The van der Waals surface area contributed by atoms with Gasteiger partial charge < -0.3 is 0 Å². The Kier molecular flexibility index (Phi) is 3.56. The highest BCUT2D eigenvalue weighted by Crippen LogP contribution is 1.89. The third-order valence-electron chi connectivity index (χ3n) is 1.02. The summed E-state index contributed by atoms with van der Waals surface area (Å²) in [6.07, 6.45) is 1.89. The molecule has 1 saturated heterocycles. The maximum atomic E-state index is 9.87. The summed E-state index contributed by atoms with van der Waals surface area (Å²) in [6.45, 7) is 1.81. The molecular weight excluding hydrogens is 128 g/mol. The van der Waals surface area contributed by atoms with Crippen molar-refractivity contribution in [3.05, 3.63) is 0 Å². The van der Waals surface area contributed by atoms with Crippen molar-refractivity contribution in [1.29, 1.82) is 0 Å². The molecule has 0 aliphatic carbocycles. The quantitative estimate of drug-likeness (QED) is 0.506. The first-order chi connectivity index (χ1) is 3.43. The Bertz CT molecular complexity index is 72.4. The monoisotopic (exact) mass is 136 g/mol. The van der Waals surface area contributed by atoms with Crippen molar-refractivity contribution in [3.8, 4) is 0 Å². The van der Waals surface area contributed by atoms with Crippen LogP contribution in [0.25, 0.3) is 0 Å². The fourth-order valence-corrected chi connectivity index (χ4v) is 0.641. The van der Waals surface area contributed by atoms with Gasteiger partial charge in [-0.25, -0.2) is 5.43 Å². The number of hydrogen-bond donors (Lipinski definition) is 1. The zero-order chi connectivity index (χ0) is 5.11. The Labute approximate surface area is 54.4 Å². The zero-order valence-electron chi connectivity index (χ0n) is 4.46. The molecular formula is C4H9ClN2O. The Morgan fingerprint density at radius 3 is 2.62 bits per heavy atom. The average molecular weight is 137 g/mol. The molecule has 1 amide bonds. The van der Waals surface area contributed by atoms with Gasteiger partial charge in [-0.1, -0.05) is 0 Å². The number of amides is 1. The lowest BCUT2D eigenvalue weighted by molar-refractivity contribution is -0.119. The van der Waals surface area contributed by atoms with E-state index in [2.05, 4.69) is 5.43 Å². The number of nitrogens with one attached hydrogen (secondary N) is 1. The molecule has 1 rings (SSSR count). The fraction of sp³-hybridized carbons (Fsp3) is 0.750. The number of carbonyl (C=O) groups is 1. The van der Waals surface area contributed by atoms with Gasteiger partial charge in [0.1, 0.15) is 0 Å². The second-order valence-corrected chi connectivity index (χ2v) is 1.56. The number of rotatable bonds is 1. The van der Waals surface area contributed by atoms with E-state index in [9.17, 15) is 4.79 Å². The van der Waals surface area contributed by atoms with Gasteiger partial charge in [-0.2, -0.15) is 0 Å². The second kappa shape index (κ2) is 3.69. The molecule has 0 aromatic heterocycles. The highest BCUT2D eigenvalue weighted by molar-refractivity contribution is 5.85. The van der Waals surface area contributed by atoms with Crippen LogP contribution in [-0.4, -0.2) is 24.5 Å². The smallest absolute Gasteiger partial charge is 0.223 e. The lowest BCUT2D eigenvalue weighted by Crippen LogP contribution is -2.28. The first-order valence-electron chi connectivity index (χ1n) is 2.39. The number of nitrogens with zero attached hydrogens (tertiary/aromatic N) is 1. The molecule has 1 heterocycles. The Hall–Kier alpha value is -0.280. The van der Waals surface area contributed by atoms with Crippen molar-refractivity contribution in [1.82, 2.24) is 10.4 Å². The van der Waals surface area contributed by atoms with Crippen LogP contribution in [0.3, 0.4) is 0 Å². The molecule has 1 aliphatic heterocycles. The lowest BCUT2D eigenvalue weighted by atomic mass is 10.5. The van der Waals surface area contributed by atoms with Crippen LogP contribution in [0.5, 0.6) is 0 Å². The molecule has 1 aliphatic rings. The van der Waals surface area contributed by atoms with Gasteiger partial charge in [-0.15, -0.1) is 12.4 Å².